The second-order valence-corrected chi connectivity index (χ2v) is 6.62. The number of hydrogen-bond donors (Lipinski definition) is 1. The second-order valence-electron chi connectivity index (χ2n) is 6.62. The van der Waals surface area contributed by atoms with Crippen LogP contribution in [0.5, 0.6) is 5.75 Å². The smallest absolute Gasteiger partial charge is 0.331 e. The van der Waals surface area contributed by atoms with E-state index in [1.807, 2.05) is 0 Å². The van der Waals surface area contributed by atoms with Crippen LogP contribution < -0.4 is 21.3 Å². The molecule has 1 heterocycles. The van der Waals surface area contributed by atoms with Crippen LogP contribution in [0, 0.1) is 5.82 Å². The lowest BCUT2D eigenvalue weighted by Gasteiger charge is -2.17. The number of rotatable bonds is 6. The van der Waals surface area contributed by atoms with Crippen molar-refractivity contribution in [3.63, 3.8) is 0 Å². The number of ether oxygens (including phenoxy) is 1. The van der Waals surface area contributed by atoms with Gasteiger partial charge in [0.05, 0.1) is 24.1 Å². The first kappa shape index (κ1) is 20.3. The molecule has 8 heteroatoms. The summed E-state index contributed by atoms with van der Waals surface area (Å²) < 4.78 is 21.2. The number of amides is 1. The number of aromatic nitrogens is 2. The van der Waals surface area contributed by atoms with E-state index in [-0.39, 0.29) is 24.4 Å². The molecule has 0 fully saturated rings. The summed E-state index contributed by atoms with van der Waals surface area (Å²) in [5.74, 6) is -0.835. The lowest BCUT2D eigenvalue weighted by molar-refractivity contribution is -0.122. The van der Waals surface area contributed by atoms with Gasteiger partial charge in [-0.3, -0.25) is 18.7 Å². The predicted octanol–water partition coefficient (Wildman–Crippen LogP) is 2.21. The number of benzene rings is 2. The van der Waals surface area contributed by atoms with Crippen LogP contribution in [0.4, 0.5) is 4.39 Å². The Kier molecular flexibility index (Phi) is 5.81. The molecule has 0 bridgehead atoms. The fraction of sp³-hybridized carbons (Fsp3) is 0.286. The Morgan fingerprint density at radius 3 is 2.55 bits per heavy atom. The van der Waals surface area contributed by atoms with Crippen molar-refractivity contribution in [2.75, 3.05) is 7.11 Å². The summed E-state index contributed by atoms with van der Waals surface area (Å²) in [6, 6.07) is 10.6. The molecular weight excluding hydrogens is 377 g/mol. The maximum Gasteiger partial charge on any atom is 0.331 e. The standard InChI is InChI=1S/C21H22FN3O4/c1-4-24-20(27)15-7-5-6-8-17(15)25(21(24)28)12-19(26)23-13(2)14-9-10-18(29-3)16(22)11-14/h5-11,13H,4,12H2,1-3H3,(H,23,26). The van der Waals surface area contributed by atoms with Gasteiger partial charge < -0.3 is 10.1 Å². The number of para-hydroxylation sites is 1. The van der Waals surface area contributed by atoms with E-state index in [2.05, 4.69) is 5.32 Å². The lowest BCUT2D eigenvalue weighted by atomic mass is 10.1. The monoisotopic (exact) mass is 399 g/mol. The normalized spacial score (nSPS) is 12.0. The van der Waals surface area contributed by atoms with E-state index >= 15 is 0 Å². The van der Waals surface area contributed by atoms with Gasteiger partial charge in [0.2, 0.25) is 5.91 Å². The third-order valence-electron chi connectivity index (χ3n) is 4.80. The molecule has 1 unspecified atom stereocenters. The molecule has 0 radical (unpaired) electrons. The Labute approximate surface area is 166 Å². The van der Waals surface area contributed by atoms with Crippen LogP contribution >= 0.6 is 0 Å². The first-order valence-corrected chi connectivity index (χ1v) is 9.22. The fourth-order valence-corrected chi connectivity index (χ4v) is 3.27. The topological polar surface area (TPSA) is 82.3 Å². The minimum Gasteiger partial charge on any atom is -0.494 e. The van der Waals surface area contributed by atoms with E-state index in [1.165, 1.54) is 23.8 Å². The molecule has 0 saturated heterocycles. The highest BCUT2D eigenvalue weighted by molar-refractivity contribution is 5.81. The average Bonchev–Trinajstić information content (AvgIpc) is 2.71. The van der Waals surface area contributed by atoms with Crippen molar-refractivity contribution in [2.45, 2.75) is 33.0 Å². The predicted molar refractivity (Wildman–Crippen MR) is 108 cm³/mol. The molecule has 1 aromatic heterocycles. The highest BCUT2D eigenvalue weighted by Crippen LogP contribution is 2.21. The Morgan fingerprint density at radius 1 is 1.17 bits per heavy atom. The molecule has 1 amide bonds. The zero-order valence-electron chi connectivity index (χ0n) is 16.4. The summed E-state index contributed by atoms with van der Waals surface area (Å²) in [5, 5.41) is 3.13. The number of nitrogens with zero attached hydrogens (tertiary/aromatic N) is 2. The number of nitrogens with one attached hydrogen (secondary N) is 1. The van der Waals surface area contributed by atoms with Gasteiger partial charge in [0.25, 0.3) is 5.56 Å². The molecule has 0 saturated carbocycles. The molecule has 0 aliphatic heterocycles. The number of hydrogen-bond acceptors (Lipinski definition) is 4. The van der Waals surface area contributed by atoms with Gasteiger partial charge in [0, 0.05) is 6.54 Å². The van der Waals surface area contributed by atoms with E-state index in [1.54, 1.807) is 44.2 Å². The summed E-state index contributed by atoms with van der Waals surface area (Å²) in [6.07, 6.45) is 0. The van der Waals surface area contributed by atoms with Crippen molar-refractivity contribution >= 4 is 16.8 Å². The van der Waals surface area contributed by atoms with Crippen molar-refractivity contribution in [1.82, 2.24) is 14.5 Å². The third kappa shape index (κ3) is 3.91. The number of halogens is 1. The van der Waals surface area contributed by atoms with Crippen LogP contribution in [-0.2, 0) is 17.9 Å². The summed E-state index contributed by atoms with van der Waals surface area (Å²) in [4.78, 5) is 37.8. The van der Waals surface area contributed by atoms with Gasteiger partial charge in [-0.2, -0.15) is 0 Å². The van der Waals surface area contributed by atoms with Gasteiger partial charge in [-0.1, -0.05) is 18.2 Å². The van der Waals surface area contributed by atoms with Gasteiger partial charge in [0.15, 0.2) is 11.6 Å². The molecule has 3 aromatic rings. The second kappa shape index (κ2) is 8.30. The molecule has 1 N–H and O–H groups in total. The van der Waals surface area contributed by atoms with E-state index in [4.69, 9.17) is 4.74 Å². The lowest BCUT2D eigenvalue weighted by Crippen LogP contribution is -2.42. The van der Waals surface area contributed by atoms with Crippen molar-refractivity contribution in [3.05, 3.63) is 74.7 Å². The summed E-state index contributed by atoms with van der Waals surface area (Å²) in [7, 11) is 1.38. The molecule has 1 atom stereocenters. The van der Waals surface area contributed by atoms with Crippen LogP contribution in [0.1, 0.15) is 25.5 Å². The Bertz CT molecular complexity index is 1180. The molecule has 0 spiro atoms. The van der Waals surface area contributed by atoms with Crippen molar-refractivity contribution in [2.24, 2.45) is 0 Å². The molecule has 152 valence electrons. The van der Waals surface area contributed by atoms with E-state index in [0.717, 1.165) is 4.57 Å². The Hall–Kier alpha value is -3.42. The first-order valence-electron chi connectivity index (χ1n) is 9.22. The summed E-state index contributed by atoms with van der Waals surface area (Å²) in [5.41, 5.74) is 0.0270. The third-order valence-corrected chi connectivity index (χ3v) is 4.80. The summed E-state index contributed by atoms with van der Waals surface area (Å²) in [6.45, 7) is 3.35. The van der Waals surface area contributed by atoms with E-state index < -0.39 is 23.5 Å². The maximum absolute atomic E-state index is 13.9. The van der Waals surface area contributed by atoms with Crippen LogP contribution in [0.2, 0.25) is 0 Å². The van der Waals surface area contributed by atoms with Gasteiger partial charge in [-0.15, -0.1) is 0 Å². The highest BCUT2D eigenvalue weighted by atomic mass is 19.1. The molecular formula is C21H22FN3O4. The van der Waals surface area contributed by atoms with Crippen molar-refractivity contribution < 1.29 is 13.9 Å². The maximum atomic E-state index is 13.9. The SMILES string of the molecule is CCn1c(=O)c2ccccc2n(CC(=O)NC(C)c2ccc(OC)c(F)c2)c1=O. The number of carbonyl (C=O) groups excluding carboxylic acids is 1. The van der Waals surface area contributed by atoms with E-state index in [9.17, 15) is 18.8 Å². The Morgan fingerprint density at radius 2 is 1.90 bits per heavy atom. The molecule has 29 heavy (non-hydrogen) atoms. The zero-order chi connectivity index (χ0) is 21.1. The van der Waals surface area contributed by atoms with Crippen LogP contribution in [-0.4, -0.2) is 22.2 Å². The molecule has 0 aliphatic rings. The molecule has 0 aliphatic carbocycles. The minimum atomic E-state index is -0.547. The first-order chi connectivity index (χ1) is 13.9. The fourth-order valence-electron chi connectivity index (χ4n) is 3.27. The Balaban J connectivity index is 1.89. The van der Waals surface area contributed by atoms with Crippen LogP contribution in [0.3, 0.4) is 0 Å². The number of methoxy groups -OCH3 is 1. The zero-order valence-corrected chi connectivity index (χ0v) is 16.4. The van der Waals surface area contributed by atoms with Gasteiger partial charge in [-0.05, 0) is 43.7 Å². The number of fused-ring (bicyclic) bond motifs is 1. The quantitative estimate of drug-likeness (QED) is 0.689. The highest BCUT2D eigenvalue weighted by Gasteiger charge is 2.17. The van der Waals surface area contributed by atoms with Crippen molar-refractivity contribution in [3.8, 4) is 5.75 Å². The van der Waals surface area contributed by atoms with Crippen LogP contribution in [0.15, 0.2) is 52.1 Å². The van der Waals surface area contributed by atoms with Gasteiger partial charge in [0.1, 0.15) is 6.54 Å². The van der Waals surface area contributed by atoms with E-state index in [0.29, 0.717) is 16.5 Å². The molecule has 7 nitrogen and oxygen atoms in total. The van der Waals surface area contributed by atoms with Crippen molar-refractivity contribution in [1.29, 1.82) is 0 Å². The largest absolute Gasteiger partial charge is 0.494 e. The summed E-state index contributed by atoms with van der Waals surface area (Å²) >= 11 is 0. The van der Waals surface area contributed by atoms with Gasteiger partial charge >= 0.3 is 5.69 Å². The average molecular weight is 399 g/mol. The number of carbonyl (C=O) groups is 1. The minimum absolute atomic E-state index is 0.118. The van der Waals surface area contributed by atoms with Gasteiger partial charge in [-0.25, -0.2) is 9.18 Å². The molecule has 2 aromatic carbocycles. The molecule has 3 rings (SSSR count). The van der Waals surface area contributed by atoms with Crippen LogP contribution in [0.25, 0.3) is 10.9 Å².